The van der Waals surface area contributed by atoms with Gasteiger partial charge in [0.1, 0.15) is 0 Å². The van der Waals surface area contributed by atoms with E-state index in [-0.39, 0.29) is 0 Å². The first-order chi connectivity index (χ1) is 24.4. The standard InChI is InChI=1S/C42H33N.C4H8.C3H6/c1-27(2)30-23-24-37-38(26-30)42(36-16-5-4-15-35(36)41(37)29-21-19-28(3)20-22-29)31-11-10-12-32(25-31)43-39-17-8-6-13-33(39)34-14-7-9-18-40(34)43;1-3-4-2;1-3-2/h4-27H,1-3H3;3-4H,1-2H3;3H,1H2,2H3/b;4-3-;. The Hall–Kier alpha value is -5.66. The van der Waals surface area contributed by atoms with Gasteiger partial charge in [0.05, 0.1) is 11.0 Å². The van der Waals surface area contributed by atoms with E-state index in [2.05, 4.69) is 171 Å². The van der Waals surface area contributed by atoms with Crippen molar-refractivity contribution >= 4 is 43.4 Å². The van der Waals surface area contributed by atoms with Crippen molar-refractivity contribution in [3.63, 3.8) is 0 Å². The summed E-state index contributed by atoms with van der Waals surface area (Å²) in [6, 6.07) is 51.7. The Kier molecular flexibility index (Phi) is 10.4. The Morgan fingerprint density at radius 2 is 1.00 bits per heavy atom. The van der Waals surface area contributed by atoms with Crippen LogP contribution in [0.1, 0.15) is 51.7 Å². The third-order valence-electron chi connectivity index (χ3n) is 9.36. The summed E-state index contributed by atoms with van der Waals surface area (Å²) in [6.45, 7) is 16.0. The Bertz CT molecular complexity index is 2390. The molecule has 8 rings (SSSR count). The van der Waals surface area contributed by atoms with Crippen molar-refractivity contribution in [2.45, 2.75) is 47.5 Å². The lowest BCUT2D eigenvalue weighted by Gasteiger charge is -2.20. The lowest BCUT2D eigenvalue weighted by Crippen LogP contribution is -1.96. The Morgan fingerprint density at radius 1 is 0.500 bits per heavy atom. The number of nitrogens with zero attached hydrogens (tertiary/aromatic N) is 1. The highest BCUT2D eigenvalue weighted by Crippen LogP contribution is 2.45. The smallest absolute Gasteiger partial charge is 0.0541 e. The van der Waals surface area contributed by atoms with E-state index < -0.39 is 0 Å². The molecule has 0 spiro atoms. The summed E-state index contributed by atoms with van der Waals surface area (Å²) in [5, 5.41) is 7.73. The van der Waals surface area contributed by atoms with Crippen molar-refractivity contribution in [3.8, 4) is 27.9 Å². The maximum Gasteiger partial charge on any atom is 0.0541 e. The summed E-state index contributed by atoms with van der Waals surface area (Å²) in [5.74, 6) is 0.440. The first-order valence-corrected chi connectivity index (χ1v) is 17.7. The van der Waals surface area contributed by atoms with Crippen molar-refractivity contribution < 1.29 is 0 Å². The number of para-hydroxylation sites is 2. The lowest BCUT2D eigenvalue weighted by molar-refractivity contribution is 0.869. The molecule has 0 atom stereocenters. The van der Waals surface area contributed by atoms with Crippen LogP contribution in [0.4, 0.5) is 0 Å². The third-order valence-corrected chi connectivity index (χ3v) is 9.36. The Balaban J connectivity index is 0.000000570. The molecule has 0 amide bonds. The number of hydrogen-bond donors (Lipinski definition) is 0. The molecular weight excluding hydrogens is 603 g/mol. The summed E-state index contributed by atoms with van der Waals surface area (Å²) in [5.41, 5.74) is 11.4. The molecule has 0 aliphatic carbocycles. The molecule has 7 aromatic carbocycles. The van der Waals surface area contributed by atoms with Crippen LogP contribution >= 0.6 is 0 Å². The summed E-state index contributed by atoms with van der Waals surface area (Å²) >= 11 is 0. The van der Waals surface area contributed by atoms with Crippen LogP contribution in [0.2, 0.25) is 0 Å². The number of aromatic nitrogens is 1. The van der Waals surface area contributed by atoms with Crippen LogP contribution in [0.15, 0.2) is 164 Å². The molecule has 0 N–H and O–H groups in total. The fourth-order valence-electron chi connectivity index (χ4n) is 6.90. The zero-order chi connectivity index (χ0) is 35.2. The van der Waals surface area contributed by atoms with Gasteiger partial charge in [-0.15, -0.1) is 6.58 Å². The molecule has 0 fully saturated rings. The van der Waals surface area contributed by atoms with Gasteiger partial charge in [0.2, 0.25) is 0 Å². The van der Waals surface area contributed by atoms with Gasteiger partial charge in [-0.05, 0) is 107 Å². The maximum atomic E-state index is 3.36. The molecule has 0 saturated carbocycles. The molecule has 248 valence electrons. The highest BCUT2D eigenvalue weighted by atomic mass is 15.0. The molecule has 1 heteroatoms. The topological polar surface area (TPSA) is 4.93 Å². The lowest BCUT2D eigenvalue weighted by atomic mass is 9.84. The molecule has 1 aromatic heterocycles. The van der Waals surface area contributed by atoms with E-state index in [0.29, 0.717) is 5.92 Å². The van der Waals surface area contributed by atoms with Crippen molar-refractivity contribution in [2.75, 3.05) is 0 Å². The van der Waals surface area contributed by atoms with E-state index in [4.69, 9.17) is 0 Å². The minimum absolute atomic E-state index is 0.440. The van der Waals surface area contributed by atoms with E-state index in [9.17, 15) is 0 Å². The van der Waals surface area contributed by atoms with Gasteiger partial charge in [-0.2, -0.15) is 0 Å². The van der Waals surface area contributed by atoms with Gasteiger partial charge in [0.25, 0.3) is 0 Å². The fraction of sp³-hybridized carbons (Fsp3) is 0.143. The van der Waals surface area contributed by atoms with Gasteiger partial charge in [-0.3, -0.25) is 0 Å². The zero-order valence-electron chi connectivity index (χ0n) is 30.2. The second-order valence-corrected chi connectivity index (χ2v) is 13.1. The fourth-order valence-corrected chi connectivity index (χ4v) is 6.90. The van der Waals surface area contributed by atoms with E-state index in [1.165, 1.54) is 82.4 Å². The number of benzene rings is 7. The zero-order valence-corrected chi connectivity index (χ0v) is 30.2. The summed E-state index contributed by atoms with van der Waals surface area (Å²) in [4.78, 5) is 0. The Morgan fingerprint density at radius 3 is 1.54 bits per heavy atom. The van der Waals surface area contributed by atoms with Gasteiger partial charge >= 0.3 is 0 Å². The van der Waals surface area contributed by atoms with E-state index in [0.717, 1.165) is 0 Å². The minimum Gasteiger partial charge on any atom is -0.309 e. The average molecular weight is 650 g/mol. The first-order valence-electron chi connectivity index (χ1n) is 17.7. The number of aryl methyl sites for hydroxylation is 1. The number of allylic oxidation sites excluding steroid dienone is 3. The van der Waals surface area contributed by atoms with Crippen LogP contribution in [0, 0.1) is 6.92 Å². The van der Waals surface area contributed by atoms with Gasteiger partial charge in [-0.25, -0.2) is 0 Å². The van der Waals surface area contributed by atoms with Gasteiger partial charge in [0, 0.05) is 16.5 Å². The monoisotopic (exact) mass is 649 g/mol. The molecule has 0 saturated heterocycles. The van der Waals surface area contributed by atoms with E-state index in [1.54, 1.807) is 6.08 Å². The highest BCUT2D eigenvalue weighted by Gasteiger charge is 2.19. The van der Waals surface area contributed by atoms with Crippen LogP contribution in [-0.2, 0) is 0 Å². The molecule has 0 aliphatic rings. The van der Waals surface area contributed by atoms with Crippen LogP contribution in [0.25, 0.3) is 71.3 Å². The molecule has 0 aliphatic heterocycles. The number of hydrogen-bond acceptors (Lipinski definition) is 0. The van der Waals surface area contributed by atoms with Crippen molar-refractivity contribution in [1.29, 1.82) is 0 Å². The quantitative estimate of drug-likeness (QED) is 0.132. The summed E-state index contributed by atoms with van der Waals surface area (Å²) < 4.78 is 2.42. The van der Waals surface area contributed by atoms with Crippen molar-refractivity contribution in [2.24, 2.45) is 0 Å². The molecule has 0 bridgehead atoms. The molecule has 1 heterocycles. The van der Waals surface area contributed by atoms with Crippen LogP contribution in [-0.4, -0.2) is 4.57 Å². The molecule has 0 radical (unpaired) electrons. The second kappa shape index (κ2) is 15.3. The van der Waals surface area contributed by atoms with Gasteiger partial charge in [0.15, 0.2) is 0 Å². The predicted octanol–water partition coefficient (Wildman–Crippen LogP) is 14.6. The van der Waals surface area contributed by atoms with Crippen LogP contribution in [0.3, 0.4) is 0 Å². The Labute approximate surface area is 297 Å². The van der Waals surface area contributed by atoms with E-state index in [1.807, 2.05) is 32.9 Å². The minimum atomic E-state index is 0.440. The van der Waals surface area contributed by atoms with Crippen molar-refractivity contribution in [3.05, 3.63) is 175 Å². The molecule has 1 nitrogen and oxygen atoms in total. The normalized spacial score (nSPS) is 11.2. The second-order valence-electron chi connectivity index (χ2n) is 13.1. The van der Waals surface area contributed by atoms with Gasteiger partial charge < -0.3 is 4.57 Å². The van der Waals surface area contributed by atoms with Crippen LogP contribution in [0.5, 0.6) is 0 Å². The van der Waals surface area contributed by atoms with Crippen LogP contribution < -0.4 is 0 Å². The first kappa shape index (κ1) is 34.2. The summed E-state index contributed by atoms with van der Waals surface area (Å²) in [6.07, 6.45) is 5.75. The van der Waals surface area contributed by atoms with Gasteiger partial charge in [-0.1, -0.05) is 153 Å². The molecule has 0 unspecified atom stereocenters. The predicted molar refractivity (Wildman–Crippen MR) is 222 cm³/mol. The van der Waals surface area contributed by atoms with Crippen molar-refractivity contribution in [1.82, 2.24) is 4.57 Å². The largest absolute Gasteiger partial charge is 0.309 e. The SMILES string of the molecule is C/C=C\C.C=CC.Cc1ccc(-c2c3ccccc3c(-c3cccc(-n4c5ccccc5c5ccccc54)c3)c3cc(C(C)C)ccc23)cc1. The highest BCUT2D eigenvalue weighted by molar-refractivity contribution is 6.21. The molecular formula is C49H47N. The van der Waals surface area contributed by atoms with E-state index >= 15 is 0 Å². The number of fused-ring (bicyclic) bond motifs is 5. The molecule has 50 heavy (non-hydrogen) atoms. The summed E-state index contributed by atoms with van der Waals surface area (Å²) in [7, 11) is 0. The number of rotatable bonds is 4. The molecule has 8 aromatic rings. The maximum absolute atomic E-state index is 3.36. The third kappa shape index (κ3) is 6.52. The average Bonchev–Trinajstić information content (AvgIpc) is 3.49.